The summed E-state index contributed by atoms with van der Waals surface area (Å²) in [6.07, 6.45) is 5.56. The topological polar surface area (TPSA) is 47.0 Å². The van der Waals surface area contributed by atoms with Crippen molar-refractivity contribution in [2.45, 2.75) is 39.5 Å². The van der Waals surface area contributed by atoms with Crippen molar-refractivity contribution < 1.29 is 4.74 Å². The second-order valence-electron chi connectivity index (χ2n) is 4.86. The van der Waals surface area contributed by atoms with Gasteiger partial charge in [-0.2, -0.15) is 0 Å². The Morgan fingerprint density at radius 3 is 2.81 bits per heavy atom. The number of nitrogens with zero attached hydrogens (tertiary/aromatic N) is 2. The van der Waals surface area contributed by atoms with E-state index in [1.54, 1.807) is 17.7 Å². The Labute approximate surface area is 130 Å². The fraction of sp³-hybridized carbons (Fsp3) is 0.500. The van der Waals surface area contributed by atoms with E-state index in [4.69, 9.17) is 4.74 Å². The SMILES string of the molecule is CCCNc1ncnc(OCCc2cccs2)c1CCC. The van der Waals surface area contributed by atoms with Crippen molar-refractivity contribution in [3.63, 3.8) is 0 Å². The first-order valence-corrected chi connectivity index (χ1v) is 8.46. The maximum absolute atomic E-state index is 5.90. The van der Waals surface area contributed by atoms with Gasteiger partial charge in [0.05, 0.1) is 12.2 Å². The highest BCUT2D eigenvalue weighted by Gasteiger charge is 2.11. The Balaban J connectivity index is 2.02. The van der Waals surface area contributed by atoms with Gasteiger partial charge in [0.25, 0.3) is 0 Å². The maximum atomic E-state index is 5.90. The number of aromatic nitrogens is 2. The van der Waals surface area contributed by atoms with Crippen LogP contribution in [0.25, 0.3) is 0 Å². The molecule has 0 atom stereocenters. The maximum Gasteiger partial charge on any atom is 0.221 e. The molecule has 0 aliphatic rings. The Morgan fingerprint density at radius 1 is 1.19 bits per heavy atom. The van der Waals surface area contributed by atoms with Crippen LogP contribution in [0, 0.1) is 0 Å². The molecule has 0 saturated carbocycles. The number of hydrogen-bond acceptors (Lipinski definition) is 5. The van der Waals surface area contributed by atoms with Crippen molar-refractivity contribution in [2.24, 2.45) is 0 Å². The van der Waals surface area contributed by atoms with Crippen LogP contribution in [0.4, 0.5) is 5.82 Å². The highest BCUT2D eigenvalue weighted by molar-refractivity contribution is 7.09. The van der Waals surface area contributed by atoms with Crippen LogP contribution in [0.2, 0.25) is 0 Å². The smallest absolute Gasteiger partial charge is 0.221 e. The van der Waals surface area contributed by atoms with E-state index in [0.29, 0.717) is 6.61 Å². The van der Waals surface area contributed by atoms with Crippen LogP contribution in [0.3, 0.4) is 0 Å². The van der Waals surface area contributed by atoms with E-state index in [1.165, 1.54) is 4.88 Å². The number of thiophene rings is 1. The molecule has 114 valence electrons. The van der Waals surface area contributed by atoms with Gasteiger partial charge in [-0.15, -0.1) is 11.3 Å². The molecule has 21 heavy (non-hydrogen) atoms. The zero-order chi connectivity index (χ0) is 14.9. The normalized spacial score (nSPS) is 10.6. The Kier molecular flexibility index (Phi) is 6.47. The summed E-state index contributed by atoms with van der Waals surface area (Å²) < 4.78 is 5.90. The third kappa shape index (κ3) is 4.70. The molecule has 0 spiro atoms. The van der Waals surface area contributed by atoms with Crippen LogP contribution in [0.15, 0.2) is 23.8 Å². The van der Waals surface area contributed by atoms with E-state index >= 15 is 0 Å². The second kappa shape index (κ2) is 8.62. The minimum Gasteiger partial charge on any atom is -0.477 e. The molecule has 0 radical (unpaired) electrons. The number of anilines is 1. The van der Waals surface area contributed by atoms with Crippen LogP contribution in [-0.2, 0) is 12.8 Å². The van der Waals surface area contributed by atoms with Gasteiger partial charge < -0.3 is 10.1 Å². The predicted octanol–water partition coefficient (Wildman–Crippen LogP) is 3.93. The summed E-state index contributed by atoms with van der Waals surface area (Å²) in [5, 5.41) is 5.46. The summed E-state index contributed by atoms with van der Waals surface area (Å²) in [5.74, 6) is 1.64. The largest absolute Gasteiger partial charge is 0.477 e. The summed E-state index contributed by atoms with van der Waals surface area (Å²) in [6.45, 7) is 5.88. The first-order chi connectivity index (χ1) is 10.3. The summed E-state index contributed by atoms with van der Waals surface area (Å²) in [4.78, 5) is 10.0. The number of rotatable bonds is 9. The van der Waals surface area contributed by atoms with E-state index in [9.17, 15) is 0 Å². The summed E-state index contributed by atoms with van der Waals surface area (Å²) >= 11 is 1.76. The van der Waals surface area contributed by atoms with Crippen molar-refractivity contribution in [2.75, 3.05) is 18.5 Å². The fourth-order valence-electron chi connectivity index (χ4n) is 2.09. The van der Waals surface area contributed by atoms with Crippen LogP contribution in [0.1, 0.15) is 37.1 Å². The molecular weight excluding hydrogens is 282 g/mol. The Hall–Kier alpha value is -1.62. The molecule has 1 N–H and O–H groups in total. The monoisotopic (exact) mass is 305 g/mol. The number of ether oxygens (including phenoxy) is 1. The number of hydrogen-bond donors (Lipinski definition) is 1. The van der Waals surface area contributed by atoms with Crippen molar-refractivity contribution in [1.82, 2.24) is 9.97 Å². The molecular formula is C16H23N3OS. The standard InChI is InChI=1S/C16H23N3OS/c1-3-6-14-15(17-9-4-2)18-12-19-16(14)20-10-8-13-7-5-11-21-13/h5,7,11-12H,3-4,6,8-10H2,1-2H3,(H,17,18,19). The van der Waals surface area contributed by atoms with Gasteiger partial charge in [-0.05, 0) is 24.3 Å². The van der Waals surface area contributed by atoms with E-state index in [-0.39, 0.29) is 0 Å². The van der Waals surface area contributed by atoms with E-state index in [0.717, 1.165) is 49.5 Å². The molecule has 0 aliphatic carbocycles. The summed E-state index contributed by atoms with van der Waals surface area (Å²) in [5.41, 5.74) is 1.10. The van der Waals surface area contributed by atoms with Crippen molar-refractivity contribution in [3.8, 4) is 5.88 Å². The lowest BCUT2D eigenvalue weighted by atomic mass is 10.1. The average molecular weight is 305 g/mol. The van der Waals surface area contributed by atoms with Crippen LogP contribution in [0.5, 0.6) is 5.88 Å². The van der Waals surface area contributed by atoms with E-state index in [1.807, 2.05) is 0 Å². The number of nitrogens with one attached hydrogen (secondary N) is 1. The first kappa shape index (κ1) is 15.8. The highest BCUT2D eigenvalue weighted by atomic mass is 32.1. The van der Waals surface area contributed by atoms with Gasteiger partial charge in [-0.1, -0.05) is 26.3 Å². The third-order valence-corrected chi connectivity index (χ3v) is 4.05. The summed E-state index contributed by atoms with van der Waals surface area (Å²) in [6, 6.07) is 4.20. The third-order valence-electron chi connectivity index (χ3n) is 3.12. The van der Waals surface area contributed by atoms with Crippen LogP contribution >= 0.6 is 11.3 Å². The molecule has 2 heterocycles. The molecule has 2 aromatic heterocycles. The zero-order valence-electron chi connectivity index (χ0n) is 12.8. The van der Waals surface area contributed by atoms with Gasteiger partial charge in [-0.25, -0.2) is 9.97 Å². The quantitative estimate of drug-likeness (QED) is 0.762. The lowest BCUT2D eigenvalue weighted by Crippen LogP contribution is -2.10. The Bertz CT molecular complexity index is 528. The van der Waals surface area contributed by atoms with Gasteiger partial charge in [0.15, 0.2) is 0 Å². The van der Waals surface area contributed by atoms with Crippen LogP contribution in [-0.4, -0.2) is 23.1 Å². The minimum absolute atomic E-state index is 0.654. The van der Waals surface area contributed by atoms with Gasteiger partial charge in [0.2, 0.25) is 5.88 Å². The lowest BCUT2D eigenvalue weighted by molar-refractivity contribution is 0.306. The molecule has 0 amide bonds. The second-order valence-corrected chi connectivity index (χ2v) is 5.89. The van der Waals surface area contributed by atoms with Crippen molar-refractivity contribution in [3.05, 3.63) is 34.3 Å². The molecule has 2 aromatic rings. The first-order valence-electron chi connectivity index (χ1n) is 7.58. The van der Waals surface area contributed by atoms with Gasteiger partial charge >= 0.3 is 0 Å². The Morgan fingerprint density at radius 2 is 2.10 bits per heavy atom. The van der Waals surface area contributed by atoms with E-state index < -0.39 is 0 Å². The van der Waals surface area contributed by atoms with Gasteiger partial charge in [0, 0.05) is 17.8 Å². The predicted molar refractivity (Wildman–Crippen MR) is 88.3 cm³/mol. The molecule has 0 fully saturated rings. The van der Waals surface area contributed by atoms with Crippen molar-refractivity contribution in [1.29, 1.82) is 0 Å². The molecule has 4 nitrogen and oxygen atoms in total. The lowest BCUT2D eigenvalue weighted by Gasteiger charge is -2.14. The van der Waals surface area contributed by atoms with Crippen LogP contribution < -0.4 is 10.1 Å². The highest BCUT2D eigenvalue weighted by Crippen LogP contribution is 2.24. The zero-order valence-corrected chi connectivity index (χ0v) is 13.6. The molecule has 0 aliphatic heterocycles. The minimum atomic E-state index is 0.654. The van der Waals surface area contributed by atoms with E-state index in [2.05, 4.69) is 46.6 Å². The molecule has 0 bridgehead atoms. The van der Waals surface area contributed by atoms with Crippen molar-refractivity contribution >= 4 is 17.2 Å². The molecule has 0 unspecified atom stereocenters. The average Bonchev–Trinajstić information content (AvgIpc) is 3.01. The summed E-state index contributed by atoms with van der Waals surface area (Å²) in [7, 11) is 0. The molecule has 0 saturated heterocycles. The van der Waals surface area contributed by atoms with Gasteiger partial charge in [-0.3, -0.25) is 0 Å². The fourth-order valence-corrected chi connectivity index (χ4v) is 2.78. The van der Waals surface area contributed by atoms with Gasteiger partial charge in [0.1, 0.15) is 12.1 Å². The molecule has 2 rings (SSSR count). The molecule has 0 aromatic carbocycles. The molecule has 5 heteroatoms.